The first-order valence-electron chi connectivity index (χ1n) is 8.68. The lowest BCUT2D eigenvalue weighted by molar-refractivity contribution is -0.135. The van der Waals surface area contributed by atoms with E-state index >= 15 is 0 Å². The molecule has 2 fully saturated rings. The molecule has 2 saturated heterocycles. The zero-order chi connectivity index (χ0) is 16.5. The van der Waals surface area contributed by atoms with Crippen LogP contribution in [0.15, 0.2) is 42.7 Å². The fourth-order valence-electron chi connectivity index (χ4n) is 4.28. The summed E-state index contributed by atoms with van der Waals surface area (Å²) in [4.78, 5) is 15.0. The molecule has 2 aliphatic heterocycles. The molecule has 1 aromatic heterocycles. The second-order valence-electron chi connectivity index (χ2n) is 6.82. The molecule has 4 rings (SSSR count). The Morgan fingerprint density at radius 1 is 1.17 bits per heavy atom. The zero-order valence-electron chi connectivity index (χ0n) is 14.0. The van der Waals surface area contributed by atoms with E-state index in [-0.39, 0.29) is 5.91 Å². The van der Waals surface area contributed by atoms with Crippen molar-refractivity contribution < 1.29 is 9.53 Å². The minimum Gasteiger partial charge on any atom is -0.497 e. The molecule has 0 aliphatic carbocycles. The highest BCUT2D eigenvalue weighted by Gasteiger charge is 2.43. The Morgan fingerprint density at radius 2 is 1.88 bits per heavy atom. The number of piperidine rings is 1. The van der Waals surface area contributed by atoms with E-state index in [1.54, 1.807) is 7.11 Å². The Kier molecular flexibility index (Phi) is 4.00. The van der Waals surface area contributed by atoms with Gasteiger partial charge in [0.25, 0.3) is 0 Å². The van der Waals surface area contributed by atoms with Gasteiger partial charge in [-0.15, -0.1) is 0 Å². The predicted octanol–water partition coefficient (Wildman–Crippen LogP) is 2.83. The number of carbonyl (C=O) groups excluding carboxylic acids is 1. The summed E-state index contributed by atoms with van der Waals surface area (Å²) in [5, 5.41) is 4.39. The van der Waals surface area contributed by atoms with Gasteiger partial charge in [-0.2, -0.15) is 5.10 Å². The number of methoxy groups -OCH3 is 1. The summed E-state index contributed by atoms with van der Waals surface area (Å²) in [6, 6.07) is 10.9. The Labute approximate surface area is 142 Å². The largest absolute Gasteiger partial charge is 0.497 e. The van der Waals surface area contributed by atoms with Gasteiger partial charge < -0.3 is 9.64 Å². The molecule has 5 heteroatoms. The average molecular weight is 325 g/mol. The summed E-state index contributed by atoms with van der Waals surface area (Å²) in [6.07, 6.45) is 8.64. The third-order valence-corrected chi connectivity index (χ3v) is 5.41. The van der Waals surface area contributed by atoms with E-state index in [0.717, 1.165) is 37.0 Å². The molecule has 126 valence electrons. The van der Waals surface area contributed by atoms with Crippen molar-refractivity contribution >= 4 is 5.91 Å². The van der Waals surface area contributed by atoms with Crippen molar-refractivity contribution in [1.82, 2.24) is 14.7 Å². The summed E-state index contributed by atoms with van der Waals surface area (Å²) in [5.41, 5.74) is 1.05. The Morgan fingerprint density at radius 3 is 2.46 bits per heavy atom. The van der Waals surface area contributed by atoms with Crippen LogP contribution in [-0.2, 0) is 11.2 Å². The molecule has 2 unspecified atom stereocenters. The first-order valence-corrected chi connectivity index (χ1v) is 8.68. The molecule has 0 saturated carbocycles. The number of aromatic nitrogens is 2. The summed E-state index contributed by atoms with van der Waals surface area (Å²) in [6.45, 7) is 0. The van der Waals surface area contributed by atoms with Gasteiger partial charge in [0.15, 0.2) is 0 Å². The van der Waals surface area contributed by atoms with Crippen molar-refractivity contribution in [3.63, 3.8) is 0 Å². The molecule has 5 nitrogen and oxygen atoms in total. The predicted molar refractivity (Wildman–Crippen MR) is 90.9 cm³/mol. The second-order valence-corrected chi connectivity index (χ2v) is 6.82. The van der Waals surface area contributed by atoms with Gasteiger partial charge in [0, 0.05) is 24.5 Å². The molecule has 2 atom stereocenters. The molecule has 0 spiro atoms. The van der Waals surface area contributed by atoms with E-state index in [4.69, 9.17) is 4.74 Å². The normalized spacial score (nSPS) is 25.7. The van der Waals surface area contributed by atoms with E-state index in [2.05, 4.69) is 14.7 Å². The maximum atomic E-state index is 12.8. The van der Waals surface area contributed by atoms with Crippen molar-refractivity contribution in [1.29, 1.82) is 0 Å². The first-order chi connectivity index (χ1) is 11.7. The van der Waals surface area contributed by atoms with Crippen LogP contribution in [0.1, 0.15) is 37.3 Å². The van der Waals surface area contributed by atoms with E-state index in [9.17, 15) is 4.79 Å². The fourth-order valence-corrected chi connectivity index (χ4v) is 4.28. The first kappa shape index (κ1) is 15.2. The number of hydrogen-bond donors (Lipinski definition) is 0. The smallest absolute Gasteiger partial charge is 0.227 e. The molecule has 2 aromatic rings. The van der Waals surface area contributed by atoms with Crippen molar-refractivity contribution in [2.45, 2.75) is 50.2 Å². The van der Waals surface area contributed by atoms with E-state index in [0.29, 0.717) is 24.5 Å². The van der Waals surface area contributed by atoms with Crippen LogP contribution in [0.3, 0.4) is 0 Å². The average Bonchev–Trinajstić information content (AvgIpc) is 3.22. The minimum absolute atomic E-state index is 0.256. The molecule has 24 heavy (non-hydrogen) atoms. The van der Waals surface area contributed by atoms with Gasteiger partial charge in [-0.25, -0.2) is 0 Å². The number of amides is 1. The molecule has 2 aliphatic rings. The fraction of sp³-hybridized carbons (Fsp3) is 0.474. The third kappa shape index (κ3) is 2.79. The van der Waals surface area contributed by atoms with E-state index < -0.39 is 0 Å². The van der Waals surface area contributed by atoms with Crippen LogP contribution >= 0.6 is 0 Å². The summed E-state index contributed by atoms with van der Waals surface area (Å²) >= 11 is 0. The maximum absolute atomic E-state index is 12.8. The van der Waals surface area contributed by atoms with Gasteiger partial charge in [0.1, 0.15) is 5.75 Å². The highest BCUT2D eigenvalue weighted by atomic mass is 16.5. The van der Waals surface area contributed by atoms with Crippen LogP contribution in [0.4, 0.5) is 0 Å². The zero-order valence-corrected chi connectivity index (χ0v) is 14.0. The minimum atomic E-state index is 0.256. The van der Waals surface area contributed by atoms with Crippen molar-refractivity contribution in [2.75, 3.05) is 7.11 Å². The van der Waals surface area contributed by atoms with Crippen LogP contribution in [0.2, 0.25) is 0 Å². The number of ether oxygens (including phenoxy) is 1. The number of hydrogen-bond acceptors (Lipinski definition) is 3. The monoisotopic (exact) mass is 325 g/mol. The molecule has 2 bridgehead atoms. The second kappa shape index (κ2) is 6.30. The molecular weight excluding hydrogens is 302 g/mol. The van der Waals surface area contributed by atoms with Gasteiger partial charge in [-0.05, 0) is 49.4 Å². The Balaban J connectivity index is 1.44. The van der Waals surface area contributed by atoms with Crippen molar-refractivity contribution in [3.05, 3.63) is 48.3 Å². The molecule has 0 N–H and O–H groups in total. The van der Waals surface area contributed by atoms with Crippen LogP contribution in [-0.4, -0.2) is 39.8 Å². The molecule has 1 amide bonds. The number of nitrogens with zero attached hydrogens (tertiary/aromatic N) is 3. The van der Waals surface area contributed by atoms with E-state index in [1.165, 1.54) is 0 Å². The Bertz CT molecular complexity index is 682. The summed E-state index contributed by atoms with van der Waals surface area (Å²) in [5.74, 6) is 1.08. The number of benzene rings is 1. The van der Waals surface area contributed by atoms with Gasteiger partial charge >= 0.3 is 0 Å². The van der Waals surface area contributed by atoms with Crippen molar-refractivity contribution in [3.8, 4) is 5.75 Å². The standard InChI is InChI=1S/C19H23N3O2/c1-24-18-7-3-14(4-8-18)11-19(23)22-15-5-6-16(22)13-17(12-15)21-10-2-9-20-21/h2-4,7-10,15-17H,5-6,11-13H2,1H3. The van der Waals surface area contributed by atoms with Crippen LogP contribution < -0.4 is 4.74 Å². The maximum Gasteiger partial charge on any atom is 0.227 e. The lowest BCUT2D eigenvalue weighted by Crippen LogP contribution is -2.47. The topological polar surface area (TPSA) is 47.4 Å². The highest BCUT2D eigenvalue weighted by Crippen LogP contribution is 2.40. The highest BCUT2D eigenvalue weighted by molar-refractivity contribution is 5.80. The lowest BCUT2D eigenvalue weighted by atomic mass is 9.96. The lowest BCUT2D eigenvalue weighted by Gasteiger charge is -2.39. The number of rotatable bonds is 4. The van der Waals surface area contributed by atoms with E-state index in [1.807, 2.05) is 42.7 Å². The van der Waals surface area contributed by atoms with Crippen molar-refractivity contribution in [2.24, 2.45) is 0 Å². The summed E-state index contributed by atoms with van der Waals surface area (Å²) in [7, 11) is 1.65. The molecule has 0 radical (unpaired) electrons. The third-order valence-electron chi connectivity index (χ3n) is 5.41. The number of fused-ring (bicyclic) bond motifs is 2. The molecule has 1 aromatic carbocycles. The SMILES string of the molecule is COc1ccc(CC(=O)N2C3CCC2CC(n2cccn2)C3)cc1. The Hall–Kier alpha value is -2.30. The van der Waals surface area contributed by atoms with Crippen LogP contribution in [0.5, 0.6) is 5.75 Å². The van der Waals surface area contributed by atoms with Gasteiger partial charge in [0.05, 0.1) is 19.6 Å². The van der Waals surface area contributed by atoms with Crippen LogP contribution in [0, 0.1) is 0 Å². The quantitative estimate of drug-likeness (QED) is 0.868. The summed E-state index contributed by atoms with van der Waals surface area (Å²) < 4.78 is 7.24. The number of carbonyl (C=O) groups is 1. The van der Waals surface area contributed by atoms with Gasteiger partial charge in [0.2, 0.25) is 5.91 Å². The van der Waals surface area contributed by atoms with Crippen LogP contribution in [0.25, 0.3) is 0 Å². The molecule has 3 heterocycles. The van der Waals surface area contributed by atoms with Gasteiger partial charge in [-0.1, -0.05) is 12.1 Å². The van der Waals surface area contributed by atoms with Gasteiger partial charge in [-0.3, -0.25) is 9.48 Å². The molecular formula is C19H23N3O2.